The van der Waals surface area contributed by atoms with E-state index in [2.05, 4.69) is 76.2 Å². The second-order valence-corrected chi connectivity index (χ2v) is 19.1. The van der Waals surface area contributed by atoms with E-state index in [1.165, 1.54) is 94.6 Å². The van der Waals surface area contributed by atoms with Crippen molar-refractivity contribution >= 4 is 33.7 Å². The van der Waals surface area contributed by atoms with Crippen molar-refractivity contribution in [3.63, 3.8) is 0 Å². The van der Waals surface area contributed by atoms with E-state index < -0.39 is 0 Å². The van der Waals surface area contributed by atoms with Gasteiger partial charge in [0.05, 0.1) is 45.4 Å². The Kier molecular flexibility index (Phi) is 16.4. The van der Waals surface area contributed by atoms with Crippen LogP contribution in [0.4, 0.5) is 0 Å². The maximum atomic E-state index is 6.68. The van der Waals surface area contributed by atoms with Gasteiger partial charge in [0.1, 0.15) is 26.4 Å². The van der Waals surface area contributed by atoms with Gasteiger partial charge in [-0.1, -0.05) is 128 Å². The molecule has 0 bridgehead atoms. The predicted octanol–water partition coefficient (Wildman–Crippen LogP) is 15.6. The molecule has 0 atom stereocenters. The van der Waals surface area contributed by atoms with E-state index in [4.69, 9.17) is 38.4 Å². The standard InChI is InChI=1S/C54H66N2O6S2/c1-5-7-9-11-13-15-17-19-27-57-43-26-23-40(34-44(43)58-28-20-18-16-14-12-10-8-6-2)48-47(39-22-21-37(3)38(4)33-39)55-49-41(53-51-45(35-63-53)59-29-31-61-51)24-25-42(50(49)56-48)54-52-46(36-64-54)60-30-32-62-52/h21-26,33-36H,5-20,27-32H2,1-4H3. The number of thiophene rings is 2. The number of ether oxygens (including phenoxy) is 6. The summed E-state index contributed by atoms with van der Waals surface area (Å²) in [4.78, 5) is 13.3. The van der Waals surface area contributed by atoms with Gasteiger partial charge in [-0.15, -0.1) is 22.7 Å². The van der Waals surface area contributed by atoms with E-state index in [1.54, 1.807) is 22.7 Å². The molecule has 2 aliphatic rings. The molecule has 0 aliphatic carbocycles. The minimum atomic E-state index is 0.495. The van der Waals surface area contributed by atoms with Crippen LogP contribution in [0.15, 0.2) is 59.3 Å². The van der Waals surface area contributed by atoms with Crippen molar-refractivity contribution in [3.05, 3.63) is 70.4 Å². The van der Waals surface area contributed by atoms with Crippen LogP contribution in [-0.4, -0.2) is 49.6 Å². The van der Waals surface area contributed by atoms with Gasteiger partial charge in [0.2, 0.25) is 0 Å². The number of rotatable bonds is 24. The molecule has 0 amide bonds. The smallest absolute Gasteiger partial charge is 0.180 e. The summed E-state index contributed by atoms with van der Waals surface area (Å²) in [5.41, 5.74) is 9.35. The highest BCUT2D eigenvalue weighted by atomic mass is 32.1. The first kappa shape index (κ1) is 45.8. The van der Waals surface area contributed by atoms with E-state index in [-0.39, 0.29) is 0 Å². The fourth-order valence-electron chi connectivity index (χ4n) is 8.61. The number of benzene rings is 3. The molecule has 340 valence electrons. The molecule has 0 spiro atoms. The highest BCUT2D eigenvalue weighted by molar-refractivity contribution is 7.15. The number of nitrogens with zero attached hydrogens (tertiary/aromatic N) is 2. The monoisotopic (exact) mass is 902 g/mol. The Balaban J connectivity index is 1.19. The van der Waals surface area contributed by atoms with E-state index in [9.17, 15) is 0 Å². The Bertz CT molecular complexity index is 2460. The summed E-state index contributed by atoms with van der Waals surface area (Å²) >= 11 is 3.22. The maximum absolute atomic E-state index is 6.68. The van der Waals surface area contributed by atoms with Crippen LogP contribution in [0.2, 0.25) is 0 Å². The highest BCUT2D eigenvalue weighted by Crippen LogP contribution is 2.52. The zero-order valence-electron chi connectivity index (χ0n) is 38.5. The van der Waals surface area contributed by atoms with Crippen molar-refractivity contribution < 1.29 is 28.4 Å². The molecule has 8 nitrogen and oxygen atoms in total. The molecule has 0 radical (unpaired) electrons. The first-order chi connectivity index (χ1) is 31.5. The van der Waals surface area contributed by atoms with Crippen LogP contribution < -0.4 is 28.4 Å². The second-order valence-electron chi connectivity index (χ2n) is 17.3. The topological polar surface area (TPSA) is 81.2 Å². The number of hydrogen-bond acceptors (Lipinski definition) is 10. The van der Waals surface area contributed by atoms with Gasteiger partial charge in [0.25, 0.3) is 0 Å². The Morgan fingerprint density at radius 3 is 1.45 bits per heavy atom. The third-order valence-corrected chi connectivity index (χ3v) is 14.4. The van der Waals surface area contributed by atoms with E-state index in [0.29, 0.717) is 39.6 Å². The fraction of sp³-hybridized carbons (Fsp3) is 0.481. The van der Waals surface area contributed by atoms with Crippen LogP contribution >= 0.6 is 22.7 Å². The normalized spacial score (nSPS) is 13.1. The van der Waals surface area contributed by atoms with Crippen LogP contribution in [0.3, 0.4) is 0 Å². The van der Waals surface area contributed by atoms with Gasteiger partial charge in [-0.2, -0.15) is 0 Å². The van der Waals surface area contributed by atoms with Gasteiger partial charge < -0.3 is 28.4 Å². The minimum Gasteiger partial charge on any atom is -0.490 e. The molecule has 8 rings (SSSR count). The zero-order chi connectivity index (χ0) is 44.1. The molecule has 10 heteroatoms. The molecule has 3 aromatic heterocycles. The van der Waals surface area contributed by atoms with Gasteiger partial charge in [-0.3, -0.25) is 0 Å². The molecule has 0 saturated carbocycles. The molecule has 5 heterocycles. The van der Waals surface area contributed by atoms with Gasteiger partial charge >= 0.3 is 0 Å². The summed E-state index contributed by atoms with van der Waals surface area (Å²) in [6, 6.07) is 17.2. The molecule has 3 aromatic carbocycles. The van der Waals surface area contributed by atoms with Gasteiger partial charge in [0, 0.05) is 33.0 Å². The highest BCUT2D eigenvalue weighted by Gasteiger charge is 2.28. The summed E-state index contributed by atoms with van der Waals surface area (Å²) < 4.78 is 37.8. The minimum absolute atomic E-state index is 0.495. The molecule has 6 aromatic rings. The molecule has 0 fully saturated rings. The third kappa shape index (κ3) is 11.0. The third-order valence-electron chi connectivity index (χ3n) is 12.4. The maximum Gasteiger partial charge on any atom is 0.180 e. The number of unbranched alkanes of at least 4 members (excludes halogenated alkanes) is 14. The SMILES string of the molecule is CCCCCCCCCCOc1ccc(-c2nc3c(-c4scc5c4OCCO5)ccc(-c4scc5c4OCCO5)c3nc2-c2ccc(C)c(C)c2)cc1OCCCCCCCCCC. The Morgan fingerprint density at radius 2 is 0.938 bits per heavy atom. The molecule has 64 heavy (non-hydrogen) atoms. The lowest BCUT2D eigenvalue weighted by atomic mass is 9.98. The average molecular weight is 903 g/mol. The number of aromatic nitrogens is 2. The summed E-state index contributed by atoms with van der Waals surface area (Å²) in [6.07, 6.45) is 20.0. The fourth-order valence-corrected chi connectivity index (χ4v) is 10.5. The van der Waals surface area contributed by atoms with Crippen molar-refractivity contribution in [2.45, 2.75) is 130 Å². The van der Waals surface area contributed by atoms with Crippen molar-refractivity contribution in [2.75, 3.05) is 39.6 Å². The first-order valence-electron chi connectivity index (χ1n) is 24.1. The lowest BCUT2D eigenvalue weighted by Gasteiger charge is -2.20. The van der Waals surface area contributed by atoms with Gasteiger partial charge in [-0.05, 0) is 62.1 Å². The predicted molar refractivity (Wildman–Crippen MR) is 265 cm³/mol. The lowest BCUT2D eigenvalue weighted by molar-refractivity contribution is 0.174. The zero-order valence-corrected chi connectivity index (χ0v) is 40.1. The molecule has 0 N–H and O–H groups in total. The van der Waals surface area contributed by atoms with Crippen LogP contribution in [0.25, 0.3) is 54.4 Å². The Hall–Kier alpha value is -4.80. The van der Waals surface area contributed by atoms with Crippen LogP contribution in [-0.2, 0) is 0 Å². The average Bonchev–Trinajstić information content (AvgIpc) is 3.96. The number of fused-ring (bicyclic) bond motifs is 3. The molecular formula is C54H66N2O6S2. The van der Waals surface area contributed by atoms with E-state index in [0.717, 1.165) is 108 Å². The summed E-state index contributed by atoms with van der Waals surface area (Å²) in [7, 11) is 0. The van der Waals surface area contributed by atoms with Crippen molar-refractivity contribution in [2.24, 2.45) is 0 Å². The molecule has 2 aliphatic heterocycles. The van der Waals surface area contributed by atoms with Gasteiger partial charge in [0.15, 0.2) is 34.5 Å². The Morgan fingerprint density at radius 1 is 0.484 bits per heavy atom. The number of aryl methyl sites for hydroxylation is 2. The van der Waals surface area contributed by atoms with Crippen LogP contribution in [0.1, 0.15) is 128 Å². The summed E-state index contributed by atoms with van der Waals surface area (Å²) in [5, 5.41) is 4.06. The van der Waals surface area contributed by atoms with Crippen molar-refractivity contribution in [3.8, 4) is 77.9 Å². The summed E-state index contributed by atoms with van der Waals surface area (Å²) in [5.74, 6) is 4.58. The van der Waals surface area contributed by atoms with Gasteiger partial charge in [-0.25, -0.2) is 9.97 Å². The quantitative estimate of drug-likeness (QED) is 0.0556. The number of hydrogen-bond donors (Lipinski definition) is 0. The van der Waals surface area contributed by atoms with E-state index in [1.807, 2.05) is 10.8 Å². The molecule has 0 saturated heterocycles. The summed E-state index contributed by atoms with van der Waals surface area (Å²) in [6.45, 7) is 12.2. The molecule has 0 unspecified atom stereocenters. The molecular weight excluding hydrogens is 837 g/mol. The van der Waals surface area contributed by atoms with Crippen molar-refractivity contribution in [1.82, 2.24) is 9.97 Å². The second kappa shape index (κ2) is 22.9. The van der Waals surface area contributed by atoms with Crippen LogP contribution in [0, 0.1) is 13.8 Å². The largest absolute Gasteiger partial charge is 0.490 e. The van der Waals surface area contributed by atoms with Crippen molar-refractivity contribution in [1.29, 1.82) is 0 Å². The first-order valence-corrected chi connectivity index (χ1v) is 25.9. The lowest BCUT2D eigenvalue weighted by Crippen LogP contribution is -2.14. The Labute approximate surface area is 388 Å². The van der Waals surface area contributed by atoms with Crippen LogP contribution in [0.5, 0.6) is 34.5 Å². The van der Waals surface area contributed by atoms with E-state index >= 15 is 0 Å².